The number of urea groups is 1. The Morgan fingerprint density at radius 2 is 1.94 bits per heavy atom. The van der Waals surface area contributed by atoms with Crippen LogP contribution in [0.25, 0.3) is 11.0 Å². The maximum Gasteiger partial charge on any atom is 0.315 e. The Balaban J connectivity index is 1.29. The standard InChI is InChI=1S/C25H31N3O4/c1-4-31-22-7-5-6-18-16-23(32-24(18)22)17(2)26-25(29)27-19-12-14-28(15-13-19)20-8-10-21(30-3)11-9-20/h5-11,16-17,19H,4,12-15H2,1-3H3,(H2,26,27,29). The van der Waals surface area contributed by atoms with Gasteiger partial charge in [0.25, 0.3) is 0 Å². The largest absolute Gasteiger partial charge is 0.497 e. The average Bonchev–Trinajstić information content (AvgIpc) is 3.25. The van der Waals surface area contributed by atoms with E-state index >= 15 is 0 Å². The number of piperidine rings is 1. The molecule has 0 bridgehead atoms. The maximum absolute atomic E-state index is 12.6. The molecule has 2 aromatic carbocycles. The van der Waals surface area contributed by atoms with Crippen molar-refractivity contribution < 1.29 is 18.7 Å². The topological polar surface area (TPSA) is 76.0 Å². The predicted molar refractivity (Wildman–Crippen MR) is 126 cm³/mol. The van der Waals surface area contributed by atoms with E-state index in [0.29, 0.717) is 18.0 Å². The summed E-state index contributed by atoms with van der Waals surface area (Å²) >= 11 is 0. The van der Waals surface area contributed by atoms with E-state index in [1.165, 1.54) is 5.69 Å². The fourth-order valence-corrected chi connectivity index (χ4v) is 4.11. The molecule has 3 aromatic rings. The van der Waals surface area contributed by atoms with Gasteiger partial charge in [-0.1, -0.05) is 12.1 Å². The van der Waals surface area contributed by atoms with E-state index in [4.69, 9.17) is 13.9 Å². The van der Waals surface area contributed by atoms with Crippen LogP contribution in [0.1, 0.15) is 38.5 Å². The number of ether oxygens (including phenoxy) is 2. The fraction of sp³-hybridized carbons (Fsp3) is 0.400. The number of benzene rings is 2. The first kappa shape index (κ1) is 21.9. The van der Waals surface area contributed by atoms with Crippen molar-refractivity contribution in [1.82, 2.24) is 10.6 Å². The molecule has 7 heteroatoms. The molecule has 0 spiro atoms. The highest BCUT2D eigenvalue weighted by molar-refractivity contribution is 5.84. The molecular formula is C25H31N3O4. The van der Waals surface area contributed by atoms with Gasteiger partial charge in [0.05, 0.1) is 19.8 Å². The van der Waals surface area contributed by atoms with E-state index in [-0.39, 0.29) is 18.1 Å². The van der Waals surface area contributed by atoms with Gasteiger partial charge in [-0.15, -0.1) is 0 Å². The van der Waals surface area contributed by atoms with Gasteiger partial charge in [-0.25, -0.2) is 4.79 Å². The van der Waals surface area contributed by atoms with Crippen molar-refractivity contribution in [2.75, 3.05) is 31.7 Å². The number of hydrogen-bond donors (Lipinski definition) is 2. The van der Waals surface area contributed by atoms with Gasteiger partial charge in [0.15, 0.2) is 11.3 Å². The number of methoxy groups -OCH3 is 1. The van der Waals surface area contributed by atoms with Gasteiger partial charge in [-0.05, 0) is 63.1 Å². The highest BCUT2D eigenvalue weighted by atomic mass is 16.5. The molecule has 4 rings (SSSR count). The second kappa shape index (κ2) is 9.85. The minimum absolute atomic E-state index is 0.150. The molecule has 0 aliphatic carbocycles. The van der Waals surface area contributed by atoms with Gasteiger partial charge in [-0.3, -0.25) is 0 Å². The number of amides is 2. The molecule has 1 unspecified atom stereocenters. The lowest BCUT2D eigenvalue weighted by molar-refractivity contribution is 0.230. The zero-order chi connectivity index (χ0) is 22.5. The van der Waals surface area contributed by atoms with Crippen LogP contribution in [-0.4, -0.2) is 38.9 Å². The molecule has 1 saturated heterocycles. The van der Waals surface area contributed by atoms with Crippen LogP contribution in [-0.2, 0) is 0 Å². The molecule has 0 saturated carbocycles. The number of nitrogens with one attached hydrogen (secondary N) is 2. The second-order valence-corrected chi connectivity index (χ2v) is 8.06. The van der Waals surface area contributed by atoms with Crippen molar-refractivity contribution in [2.24, 2.45) is 0 Å². The lowest BCUT2D eigenvalue weighted by Crippen LogP contribution is -2.48. The van der Waals surface area contributed by atoms with Crippen LogP contribution in [0.5, 0.6) is 11.5 Å². The zero-order valence-corrected chi connectivity index (χ0v) is 18.9. The van der Waals surface area contributed by atoms with E-state index in [9.17, 15) is 4.79 Å². The summed E-state index contributed by atoms with van der Waals surface area (Å²) in [4.78, 5) is 14.9. The Labute approximate surface area is 188 Å². The number of para-hydroxylation sites is 1. The lowest BCUT2D eigenvalue weighted by atomic mass is 10.0. The summed E-state index contributed by atoms with van der Waals surface area (Å²) in [6.45, 7) is 6.23. The molecule has 2 amide bonds. The van der Waals surface area contributed by atoms with Crippen molar-refractivity contribution in [3.63, 3.8) is 0 Å². The monoisotopic (exact) mass is 437 g/mol. The third-order valence-electron chi connectivity index (χ3n) is 5.87. The summed E-state index contributed by atoms with van der Waals surface area (Å²) in [6, 6.07) is 15.6. The number of fused-ring (bicyclic) bond motifs is 1. The minimum Gasteiger partial charge on any atom is -0.497 e. The quantitative estimate of drug-likeness (QED) is 0.552. The third-order valence-corrected chi connectivity index (χ3v) is 5.87. The molecule has 0 radical (unpaired) electrons. The second-order valence-electron chi connectivity index (χ2n) is 8.06. The van der Waals surface area contributed by atoms with Gasteiger partial charge in [0.2, 0.25) is 0 Å². The molecular weight excluding hydrogens is 406 g/mol. The molecule has 2 heterocycles. The van der Waals surface area contributed by atoms with Crippen LogP contribution in [0.4, 0.5) is 10.5 Å². The van der Waals surface area contributed by atoms with Gasteiger partial charge < -0.3 is 29.4 Å². The SMILES string of the molecule is CCOc1cccc2cc(C(C)NC(=O)NC3CCN(c4ccc(OC)cc4)CC3)oc12. The lowest BCUT2D eigenvalue weighted by Gasteiger charge is -2.34. The van der Waals surface area contributed by atoms with Crippen molar-refractivity contribution in [3.8, 4) is 11.5 Å². The van der Waals surface area contributed by atoms with Crippen LogP contribution in [0, 0.1) is 0 Å². The van der Waals surface area contributed by atoms with E-state index in [1.54, 1.807) is 7.11 Å². The van der Waals surface area contributed by atoms with Crippen LogP contribution >= 0.6 is 0 Å². The van der Waals surface area contributed by atoms with Crippen molar-refractivity contribution >= 4 is 22.7 Å². The number of nitrogens with zero attached hydrogens (tertiary/aromatic N) is 1. The summed E-state index contributed by atoms with van der Waals surface area (Å²) < 4.78 is 16.9. The minimum atomic E-state index is -0.253. The van der Waals surface area contributed by atoms with Gasteiger partial charge in [-0.2, -0.15) is 0 Å². The van der Waals surface area contributed by atoms with Gasteiger partial charge >= 0.3 is 6.03 Å². The number of hydrogen-bond acceptors (Lipinski definition) is 5. The van der Waals surface area contributed by atoms with E-state index in [1.807, 2.05) is 50.2 Å². The molecule has 7 nitrogen and oxygen atoms in total. The number of carbonyl (C=O) groups is 1. The van der Waals surface area contributed by atoms with Crippen molar-refractivity contribution in [2.45, 2.75) is 38.8 Å². The summed E-state index contributed by atoms with van der Waals surface area (Å²) in [5.74, 6) is 2.28. The summed E-state index contributed by atoms with van der Waals surface area (Å²) in [7, 11) is 1.67. The van der Waals surface area contributed by atoms with Gasteiger partial charge in [0, 0.05) is 30.2 Å². The van der Waals surface area contributed by atoms with Crippen LogP contribution < -0.4 is 25.0 Å². The summed E-state index contributed by atoms with van der Waals surface area (Å²) in [5, 5.41) is 7.08. The van der Waals surface area contributed by atoms with Crippen LogP contribution in [0.15, 0.2) is 52.9 Å². The Morgan fingerprint density at radius 1 is 1.19 bits per heavy atom. The maximum atomic E-state index is 12.6. The molecule has 2 N–H and O–H groups in total. The number of carbonyl (C=O) groups excluding carboxylic acids is 1. The van der Waals surface area contributed by atoms with E-state index in [0.717, 1.165) is 42.8 Å². The number of anilines is 1. The van der Waals surface area contributed by atoms with Crippen molar-refractivity contribution in [1.29, 1.82) is 0 Å². The first-order valence-corrected chi connectivity index (χ1v) is 11.2. The summed E-state index contributed by atoms with van der Waals surface area (Å²) in [5.41, 5.74) is 1.89. The third kappa shape index (κ3) is 4.93. The number of furan rings is 1. The van der Waals surface area contributed by atoms with Crippen LogP contribution in [0.3, 0.4) is 0 Å². The van der Waals surface area contributed by atoms with Gasteiger partial charge in [0.1, 0.15) is 11.5 Å². The average molecular weight is 438 g/mol. The normalized spacial score (nSPS) is 15.4. The number of rotatable bonds is 7. The Kier molecular flexibility index (Phi) is 6.73. The zero-order valence-electron chi connectivity index (χ0n) is 18.9. The molecule has 32 heavy (non-hydrogen) atoms. The van der Waals surface area contributed by atoms with E-state index < -0.39 is 0 Å². The first-order valence-electron chi connectivity index (χ1n) is 11.2. The highest BCUT2D eigenvalue weighted by Crippen LogP contribution is 2.31. The molecule has 1 atom stereocenters. The fourth-order valence-electron chi connectivity index (χ4n) is 4.11. The Bertz CT molecular complexity index is 1040. The highest BCUT2D eigenvalue weighted by Gasteiger charge is 2.22. The van der Waals surface area contributed by atoms with E-state index in [2.05, 4.69) is 27.7 Å². The molecule has 170 valence electrons. The molecule has 1 aliphatic heterocycles. The molecule has 1 aromatic heterocycles. The Hall–Kier alpha value is -3.35. The molecule has 1 aliphatic rings. The predicted octanol–water partition coefficient (Wildman–Crippen LogP) is 4.87. The summed E-state index contributed by atoms with van der Waals surface area (Å²) in [6.07, 6.45) is 1.80. The smallest absolute Gasteiger partial charge is 0.315 e. The first-order chi connectivity index (χ1) is 15.6. The van der Waals surface area contributed by atoms with Crippen molar-refractivity contribution in [3.05, 3.63) is 54.3 Å². The van der Waals surface area contributed by atoms with Crippen LogP contribution in [0.2, 0.25) is 0 Å². The Morgan fingerprint density at radius 3 is 2.62 bits per heavy atom. The molecule has 1 fully saturated rings.